The first kappa shape index (κ1) is 14.5. The highest BCUT2D eigenvalue weighted by atomic mass is 16.3. The summed E-state index contributed by atoms with van der Waals surface area (Å²) < 4.78 is 0. The van der Waals surface area contributed by atoms with E-state index in [4.69, 9.17) is 0 Å². The maximum atomic E-state index is 12.5. The van der Waals surface area contributed by atoms with Crippen molar-refractivity contribution in [2.24, 2.45) is 0 Å². The smallest absolute Gasteiger partial charge is 0.254 e. The minimum absolute atomic E-state index is 0.0589. The van der Waals surface area contributed by atoms with E-state index in [0.29, 0.717) is 24.6 Å². The summed E-state index contributed by atoms with van der Waals surface area (Å²) in [5, 5.41) is 12.8. The molecule has 0 unspecified atom stereocenters. The predicted molar refractivity (Wildman–Crippen MR) is 82.9 cm³/mol. The summed E-state index contributed by atoms with van der Waals surface area (Å²) in [6, 6.07) is 8.98. The molecule has 6 heteroatoms. The molecule has 1 atom stereocenters. The highest BCUT2D eigenvalue weighted by molar-refractivity contribution is 5.95. The molecule has 114 valence electrons. The maximum absolute atomic E-state index is 12.5. The molecule has 0 saturated carbocycles. The van der Waals surface area contributed by atoms with Crippen molar-refractivity contribution in [1.82, 2.24) is 14.9 Å². The SMILES string of the molecule is O=C(c1cccc(Nc2ncccn2)c1)N1CCC[C@H](O)C1. The number of anilines is 2. The third-order valence-electron chi connectivity index (χ3n) is 3.62. The third kappa shape index (κ3) is 3.40. The second kappa shape index (κ2) is 6.53. The lowest BCUT2D eigenvalue weighted by Gasteiger charge is -2.30. The van der Waals surface area contributed by atoms with Crippen molar-refractivity contribution in [2.75, 3.05) is 18.4 Å². The number of carbonyl (C=O) groups is 1. The molecule has 0 aliphatic carbocycles. The van der Waals surface area contributed by atoms with Gasteiger partial charge in [-0.1, -0.05) is 6.07 Å². The van der Waals surface area contributed by atoms with Gasteiger partial charge in [0, 0.05) is 36.7 Å². The highest BCUT2D eigenvalue weighted by Crippen LogP contribution is 2.18. The van der Waals surface area contributed by atoms with Crippen LogP contribution in [0.25, 0.3) is 0 Å². The lowest BCUT2D eigenvalue weighted by Crippen LogP contribution is -2.42. The fourth-order valence-electron chi connectivity index (χ4n) is 2.54. The Labute approximate surface area is 128 Å². The van der Waals surface area contributed by atoms with Gasteiger partial charge in [0.15, 0.2) is 0 Å². The summed E-state index contributed by atoms with van der Waals surface area (Å²) in [5.41, 5.74) is 1.35. The second-order valence-electron chi connectivity index (χ2n) is 5.33. The first-order valence-electron chi connectivity index (χ1n) is 7.34. The van der Waals surface area contributed by atoms with Crippen LogP contribution in [0, 0.1) is 0 Å². The number of piperidine rings is 1. The minimum Gasteiger partial charge on any atom is -0.391 e. The number of nitrogens with zero attached hydrogens (tertiary/aromatic N) is 3. The lowest BCUT2D eigenvalue weighted by molar-refractivity contribution is 0.0474. The molecule has 22 heavy (non-hydrogen) atoms. The Bertz CT molecular complexity index is 648. The van der Waals surface area contributed by atoms with Crippen LogP contribution in [-0.2, 0) is 0 Å². The number of aliphatic hydroxyl groups excluding tert-OH is 1. The molecular weight excluding hydrogens is 280 g/mol. The Kier molecular flexibility index (Phi) is 4.29. The van der Waals surface area contributed by atoms with Crippen molar-refractivity contribution in [2.45, 2.75) is 18.9 Å². The standard InChI is InChI=1S/C16H18N4O2/c21-14-6-2-9-20(11-14)15(22)12-4-1-5-13(10-12)19-16-17-7-3-8-18-16/h1,3-5,7-8,10,14,21H,2,6,9,11H2,(H,17,18,19)/t14-/m0/s1. The number of hydrogen-bond donors (Lipinski definition) is 2. The van der Waals surface area contributed by atoms with Crippen molar-refractivity contribution in [1.29, 1.82) is 0 Å². The summed E-state index contributed by atoms with van der Waals surface area (Å²) in [6.45, 7) is 1.09. The van der Waals surface area contributed by atoms with Gasteiger partial charge in [0.25, 0.3) is 5.91 Å². The van der Waals surface area contributed by atoms with Gasteiger partial charge in [-0.05, 0) is 37.1 Å². The fraction of sp³-hybridized carbons (Fsp3) is 0.312. The zero-order chi connectivity index (χ0) is 15.4. The Hall–Kier alpha value is -2.47. The minimum atomic E-state index is -0.420. The van der Waals surface area contributed by atoms with Crippen LogP contribution < -0.4 is 5.32 Å². The molecule has 0 radical (unpaired) electrons. The number of carbonyl (C=O) groups excluding carboxylic acids is 1. The van der Waals surface area contributed by atoms with Crippen LogP contribution in [0.1, 0.15) is 23.2 Å². The van der Waals surface area contributed by atoms with Gasteiger partial charge in [0.05, 0.1) is 6.10 Å². The quantitative estimate of drug-likeness (QED) is 0.903. The zero-order valence-electron chi connectivity index (χ0n) is 12.1. The van der Waals surface area contributed by atoms with Crippen LogP contribution in [-0.4, -0.2) is 45.1 Å². The van der Waals surface area contributed by atoms with Crippen LogP contribution in [0.5, 0.6) is 0 Å². The highest BCUT2D eigenvalue weighted by Gasteiger charge is 2.23. The number of nitrogens with one attached hydrogen (secondary N) is 1. The molecular formula is C16H18N4O2. The van der Waals surface area contributed by atoms with Crippen molar-refractivity contribution in [3.8, 4) is 0 Å². The number of aromatic nitrogens is 2. The molecule has 1 aliphatic rings. The number of β-amino-alcohol motifs (C(OH)–C–C–N with tert-alkyl or cyclic N) is 1. The van der Waals surface area contributed by atoms with Crippen molar-refractivity contribution in [3.63, 3.8) is 0 Å². The van der Waals surface area contributed by atoms with Gasteiger partial charge in [-0.3, -0.25) is 4.79 Å². The van der Waals surface area contributed by atoms with E-state index in [1.165, 1.54) is 0 Å². The number of aliphatic hydroxyl groups is 1. The molecule has 1 fully saturated rings. The van der Waals surface area contributed by atoms with Gasteiger partial charge in [-0.25, -0.2) is 9.97 Å². The van der Waals surface area contributed by atoms with E-state index < -0.39 is 6.10 Å². The van der Waals surface area contributed by atoms with Crippen molar-refractivity contribution >= 4 is 17.5 Å². The van der Waals surface area contributed by atoms with E-state index in [-0.39, 0.29) is 5.91 Å². The fourth-order valence-corrected chi connectivity index (χ4v) is 2.54. The monoisotopic (exact) mass is 298 g/mol. The maximum Gasteiger partial charge on any atom is 0.254 e. The van der Waals surface area contributed by atoms with Crippen LogP contribution in [0.3, 0.4) is 0 Å². The Balaban J connectivity index is 1.74. The predicted octanol–water partition coefficient (Wildman–Crippen LogP) is 1.82. The number of benzene rings is 1. The first-order chi connectivity index (χ1) is 10.7. The van der Waals surface area contributed by atoms with Crippen LogP contribution in [0.4, 0.5) is 11.6 Å². The number of hydrogen-bond acceptors (Lipinski definition) is 5. The Morgan fingerprint density at radius 1 is 1.27 bits per heavy atom. The third-order valence-corrected chi connectivity index (χ3v) is 3.62. The van der Waals surface area contributed by atoms with Gasteiger partial charge in [0.1, 0.15) is 0 Å². The normalized spacial score (nSPS) is 18.0. The summed E-state index contributed by atoms with van der Waals surface area (Å²) >= 11 is 0. The number of rotatable bonds is 3. The molecule has 0 bridgehead atoms. The molecule has 1 saturated heterocycles. The topological polar surface area (TPSA) is 78.4 Å². The molecule has 1 aromatic heterocycles. The van der Waals surface area contributed by atoms with Crippen LogP contribution in [0.2, 0.25) is 0 Å². The Morgan fingerprint density at radius 2 is 2.09 bits per heavy atom. The Morgan fingerprint density at radius 3 is 2.86 bits per heavy atom. The molecule has 2 heterocycles. The van der Waals surface area contributed by atoms with Gasteiger partial charge in [-0.15, -0.1) is 0 Å². The molecule has 6 nitrogen and oxygen atoms in total. The van der Waals surface area contributed by atoms with E-state index in [9.17, 15) is 9.90 Å². The lowest BCUT2D eigenvalue weighted by atomic mass is 10.1. The molecule has 0 spiro atoms. The summed E-state index contributed by atoms with van der Waals surface area (Å²) in [6.07, 6.45) is 4.48. The molecule has 1 amide bonds. The van der Waals surface area contributed by atoms with Gasteiger partial charge >= 0.3 is 0 Å². The molecule has 3 rings (SSSR count). The van der Waals surface area contributed by atoms with Crippen molar-refractivity contribution < 1.29 is 9.90 Å². The van der Waals surface area contributed by atoms with Gasteiger partial charge < -0.3 is 15.3 Å². The van der Waals surface area contributed by atoms with Crippen molar-refractivity contribution in [3.05, 3.63) is 48.3 Å². The largest absolute Gasteiger partial charge is 0.391 e. The van der Waals surface area contributed by atoms with Gasteiger partial charge in [-0.2, -0.15) is 0 Å². The average molecular weight is 298 g/mol. The van der Waals surface area contributed by atoms with E-state index in [0.717, 1.165) is 18.5 Å². The van der Waals surface area contributed by atoms with E-state index in [1.54, 1.807) is 35.5 Å². The summed E-state index contributed by atoms with van der Waals surface area (Å²) in [5.74, 6) is 0.428. The summed E-state index contributed by atoms with van der Waals surface area (Å²) in [4.78, 5) is 22.4. The van der Waals surface area contributed by atoms with E-state index in [1.807, 2.05) is 12.1 Å². The second-order valence-corrected chi connectivity index (χ2v) is 5.33. The van der Waals surface area contributed by atoms with E-state index in [2.05, 4.69) is 15.3 Å². The number of likely N-dealkylation sites (tertiary alicyclic amines) is 1. The van der Waals surface area contributed by atoms with Crippen LogP contribution in [0.15, 0.2) is 42.7 Å². The first-order valence-corrected chi connectivity index (χ1v) is 7.34. The summed E-state index contributed by atoms with van der Waals surface area (Å²) in [7, 11) is 0. The molecule has 2 aromatic rings. The number of amides is 1. The molecule has 2 N–H and O–H groups in total. The zero-order valence-corrected chi connectivity index (χ0v) is 12.1. The van der Waals surface area contributed by atoms with Crippen LogP contribution >= 0.6 is 0 Å². The molecule has 1 aromatic carbocycles. The average Bonchev–Trinajstić information content (AvgIpc) is 2.55. The van der Waals surface area contributed by atoms with E-state index >= 15 is 0 Å². The molecule has 1 aliphatic heterocycles. The van der Waals surface area contributed by atoms with Gasteiger partial charge in [0.2, 0.25) is 5.95 Å².